The molecular weight excluding hydrogens is 430 g/mol. The second-order valence-corrected chi connectivity index (χ2v) is 9.45. The van der Waals surface area contributed by atoms with E-state index in [1.54, 1.807) is 13.8 Å². The van der Waals surface area contributed by atoms with Gasteiger partial charge in [-0.25, -0.2) is 4.79 Å². The van der Waals surface area contributed by atoms with Gasteiger partial charge in [0, 0.05) is 37.2 Å². The van der Waals surface area contributed by atoms with Gasteiger partial charge in [-0.1, -0.05) is 36.2 Å². The fraction of sp³-hybridized carbons (Fsp3) is 0.593. The molecule has 34 heavy (non-hydrogen) atoms. The Labute approximate surface area is 203 Å². The molecule has 1 N–H and O–H groups in total. The number of hydrogen-bond donors (Lipinski definition) is 1. The fourth-order valence-corrected chi connectivity index (χ4v) is 4.96. The van der Waals surface area contributed by atoms with Crippen LogP contribution in [0, 0.1) is 6.92 Å². The number of rotatable bonds is 9. The number of carbonyl (C=O) groups excluding carboxylic acids is 3. The molecule has 2 heterocycles. The zero-order chi connectivity index (χ0) is 24.7. The number of likely N-dealkylation sites (tertiary alicyclic amines) is 1. The lowest BCUT2D eigenvalue weighted by Gasteiger charge is -2.34. The number of hydrogen-bond acceptors (Lipinski definition) is 5. The summed E-state index contributed by atoms with van der Waals surface area (Å²) in [6.07, 6.45) is 4.79. The smallest absolute Gasteiger partial charge is 0.336 e. The van der Waals surface area contributed by atoms with E-state index < -0.39 is 5.97 Å². The molecule has 0 bridgehead atoms. The molecule has 186 valence electrons. The van der Waals surface area contributed by atoms with Crippen molar-refractivity contribution in [2.45, 2.75) is 71.8 Å². The summed E-state index contributed by atoms with van der Waals surface area (Å²) in [5, 5.41) is 2.95. The number of ether oxygens (including phenoxy) is 1. The lowest BCUT2D eigenvalue weighted by atomic mass is 9.83. The first kappa shape index (κ1) is 25.9. The Hall–Kier alpha value is -2.67. The van der Waals surface area contributed by atoms with Crippen LogP contribution in [0.15, 0.2) is 35.5 Å². The van der Waals surface area contributed by atoms with Crippen LogP contribution in [0.2, 0.25) is 0 Å². The Morgan fingerprint density at radius 3 is 2.56 bits per heavy atom. The van der Waals surface area contributed by atoms with Gasteiger partial charge >= 0.3 is 5.97 Å². The Morgan fingerprint density at radius 1 is 1.15 bits per heavy atom. The molecule has 1 aromatic carbocycles. The van der Waals surface area contributed by atoms with Crippen LogP contribution < -0.4 is 5.32 Å². The first-order chi connectivity index (χ1) is 16.3. The van der Waals surface area contributed by atoms with Crippen LogP contribution in [0.3, 0.4) is 0 Å². The Balaban J connectivity index is 1.65. The van der Waals surface area contributed by atoms with Crippen molar-refractivity contribution in [1.29, 1.82) is 0 Å². The highest BCUT2D eigenvalue weighted by Gasteiger charge is 2.37. The summed E-state index contributed by atoms with van der Waals surface area (Å²) in [4.78, 5) is 42.5. The monoisotopic (exact) mass is 469 g/mol. The third kappa shape index (κ3) is 6.47. The highest BCUT2D eigenvalue weighted by Crippen LogP contribution is 2.37. The number of amides is 2. The maximum Gasteiger partial charge on any atom is 0.336 e. The van der Waals surface area contributed by atoms with Gasteiger partial charge in [-0.15, -0.1) is 0 Å². The number of nitrogens with zero attached hydrogens (tertiary/aromatic N) is 2. The molecule has 3 rings (SSSR count). The molecular formula is C27H39N3O4. The summed E-state index contributed by atoms with van der Waals surface area (Å²) >= 11 is 0. The Kier molecular flexibility index (Phi) is 9.28. The predicted octanol–water partition coefficient (Wildman–Crippen LogP) is 3.53. The lowest BCUT2D eigenvalue weighted by molar-refractivity contribution is -0.141. The fourth-order valence-electron chi connectivity index (χ4n) is 4.96. The van der Waals surface area contributed by atoms with Gasteiger partial charge in [0.15, 0.2) is 0 Å². The van der Waals surface area contributed by atoms with Gasteiger partial charge in [0.25, 0.3) is 0 Å². The first-order valence-corrected chi connectivity index (χ1v) is 12.6. The van der Waals surface area contributed by atoms with Crippen LogP contribution in [-0.4, -0.2) is 66.4 Å². The number of aryl methyl sites for hydroxylation is 1. The van der Waals surface area contributed by atoms with Crippen molar-refractivity contribution in [3.05, 3.63) is 46.7 Å². The second-order valence-electron chi connectivity index (χ2n) is 9.45. The van der Waals surface area contributed by atoms with E-state index in [1.165, 1.54) is 24.2 Å². The molecule has 2 unspecified atom stereocenters. The largest absolute Gasteiger partial charge is 0.463 e. The summed E-state index contributed by atoms with van der Waals surface area (Å²) in [5.41, 5.74) is 2.96. The van der Waals surface area contributed by atoms with Crippen molar-refractivity contribution in [2.24, 2.45) is 0 Å². The minimum Gasteiger partial charge on any atom is -0.463 e. The molecule has 2 amide bonds. The van der Waals surface area contributed by atoms with Crippen LogP contribution in [0.5, 0.6) is 0 Å². The number of allylic oxidation sites excluding steroid dienone is 1. The van der Waals surface area contributed by atoms with E-state index in [1.807, 2.05) is 31.2 Å². The van der Waals surface area contributed by atoms with Gasteiger partial charge in [-0.05, 0) is 59.1 Å². The average molecular weight is 470 g/mol. The average Bonchev–Trinajstić information content (AvgIpc) is 2.81. The zero-order valence-electron chi connectivity index (χ0n) is 21.1. The molecule has 1 aromatic rings. The van der Waals surface area contributed by atoms with E-state index in [9.17, 15) is 14.4 Å². The zero-order valence-corrected chi connectivity index (χ0v) is 21.1. The molecule has 2 aliphatic heterocycles. The topological polar surface area (TPSA) is 79.0 Å². The summed E-state index contributed by atoms with van der Waals surface area (Å²) in [6.45, 7) is 10.6. The summed E-state index contributed by atoms with van der Waals surface area (Å²) in [7, 11) is 0. The van der Waals surface area contributed by atoms with Crippen LogP contribution in [-0.2, 0) is 19.1 Å². The predicted molar refractivity (Wildman–Crippen MR) is 132 cm³/mol. The molecule has 0 radical (unpaired) electrons. The summed E-state index contributed by atoms with van der Waals surface area (Å²) in [5.74, 6) is -1.18. The maximum atomic E-state index is 13.0. The van der Waals surface area contributed by atoms with Crippen molar-refractivity contribution in [3.8, 4) is 0 Å². The second kappa shape index (κ2) is 12.2. The van der Waals surface area contributed by atoms with Gasteiger partial charge in [-0.2, -0.15) is 0 Å². The third-order valence-electron chi connectivity index (χ3n) is 6.98. The molecule has 0 spiro atoms. The van der Waals surface area contributed by atoms with Crippen LogP contribution in [0.25, 0.3) is 0 Å². The lowest BCUT2D eigenvalue weighted by Crippen LogP contribution is -2.44. The number of nitrogens with one attached hydrogen (secondary N) is 1. The Morgan fingerprint density at radius 2 is 1.88 bits per heavy atom. The van der Waals surface area contributed by atoms with E-state index in [0.29, 0.717) is 23.9 Å². The quantitative estimate of drug-likeness (QED) is 0.442. The molecule has 0 saturated carbocycles. The van der Waals surface area contributed by atoms with Crippen LogP contribution in [0.4, 0.5) is 0 Å². The molecule has 1 saturated heterocycles. The van der Waals surface area contributed by atoms with E-state index in [-0.39, 0.29) is 37.3 Å². The molecule has 1 fully saturated rings. The first-order valence-electron chi connectivity index (χ1n) is 12.6. The molecule has 7 nitrogen and oxygen atoms in total. The highest BCUT2D eigenvalue weighted by atomic mass is 16.5. The van der Waals surface area contributed by atoms with Gasteiger partial charge < -0.3 is 19.9 Å². The van der Waals surface area contributed by atoms with Crippen LogP contribution >= 0.6 is 0 Å². The number of esters is 1. The molecule has 0 aromatic heterocycles. The molecule has 2 atom stereocenters. The van der Waals surface area contributed by atoms with Crippen molar-refractivity contribution < 1.29 is 19.1 Å². The standard InChI is InChI=1S/C27H39N3O4/c1-5-34-27(33)26-21(4)30(25(32)17-23(26)22-12-10-19(2)11-13-22)18-24(31)28-14-8-16-29-15-7-6-9-20(29)3/h10-13,20,23H,5-9,14-18H2,1-4H3,(H,28,31). The third-order valence-corrected chi connectivity index (χ3v) is 6.98. The van der Waals surface area contributed by atoms with Gasteiger partial charge in [0.05, 0.1) is 12.2 Å². The Bertz CT molecular complexity index is 909. The van der Waals surface area contributed by atoms with Crippen molar-refractivity contribution in [3.63, 3.8) is 0 Å². The summed E-state index contributed by atoms with van der Waals surface area (Å²) in [6, 6.07) is 8.45. The molecule has 0 aliphatic carbocycles. The maximum absolute atomic E-state index is 13.0. The molecule has 7 heteroatoms. The number of benzene rings is 1. The minimum absolute atomic E-state index is 0.0890. The summed E-state index contributed by atoms with van der Waals surface area (Å²) < 4.78 is 5.32. The normalized spacial score (nSPS) is 21.5. The number of piperidine rings is 1. The van der Waals surface area contributed by atoms with Gasteiger partial charge in [0.2, 0.25) is 11.8 Å². The SMILES string of the molecule is CCOC(=O)C1=C(C)N(CC(=O)NCCCN2CCCCC2C)C(=O)CC1c1ccc(C)cc1. The van der Waals surface area contributed by atoms with Crippen molar-refractivity contribution in [2.75, 3.05) is 32.8 Å². The van der Waals surface area contributed by atoms with Gasteiger partial charge in [-0.3, -0.25) is 9.59 Å². The molecule has 2 aliphatic rings. The van der Waals surface area contributed by atoms with Crippen molar-refractivity contribution >= 4 is 17.8 Å². The minimum atomic E-state index is -0.431. The van der Waals surface area contributed by atoms with Gasteiger partial charge in [0.1, 0.15) is 6.54 Å². The van der Waals surface area contributed by atoms with E-state index in [4.69, 9.17) is 4.74 Å². The van der Waals surface area contributed by atoms with E-state index in [2.05, 4.69) is 17.1 Å². The van der Waals surface area contributed by atoms with Crippen LogP contribution in [0.1, 0.15) is 69.9 Å². The highest BCUT2D eigenvalue weighted by molar-refractivity contribution is 5.97. The number of carbonyl (C=O) groups is 3. The van der Waals surface area contributed by atoms with Crippen molar-refractivity contribution in [1.82, 2.24) is 15.1 Å². The van der Waals surface area contributed by atoms with E-state index >= 15 is 0 Å². The van der Waals surface area contributed by atoms with E-state index in [0.717, 1.165) is 30.6 Å².